The van der Waals surface area contributed by atoms with Crippen molar-refractivity contribution in [3.05, 3.63) is 42.2 Å². The molecule has 0 radical (unpaired) electrons. The SMILES string of the molecule is O=C(CCc1ncc(-c2ccc(F)cc2)o1)N1CCN(C2CCCC2)CC1. The van der Waals surface area contributed by atoms with E-state index in [1.54, 1.807) is 18.3 Å². The molecule has 27 heavy (non-hydrogen) atoms. The highest BCUT2D eigenvalue weighted by atomic mass is 19.1. The number of halogens is 1. The van der Waals surface area contributed by atoms with Crippen molar-refractivity contribution < 1.29 is 13.6 Å². The molecule has 0 unspecified atom stereocenters. The maximum Gasteiger partial charge on any atom is 0.223 e. The number of aromatic nitrogens is 1. The molecule has 1 aromatic heterocycles. The molecule has 2 fully saturated rings. The summed E-state index contributed by atoms with van der Waals surface area (Å²) in [7, 11) is 0. The van der Waals surface area contributed by atoms with Crippen molar-refractivity contribution in [2.24, 2.45) is 0 Å². The van der Waals surface area contributed by atoms with E-state index in [1.165, 1.54) is 37.8 Å². The van der Waals surface area contributed by atoms with Crippen LogP contribution in [0, 0.1) is 5.82 Å². The number of hydrogen-bond acceptors (Lipinski definition) is 4. The Morgan fingerprint density at radius 2 is 1.81 bits per heavy atom. The predicted molar refractivity (Wildman–Crippen MR) is 101 cm³/mol. The summed E-state index contributed by atoms with van der Waals surface area (Å²) in [5, 5.41) is 0. The van der Waals surface area contributed by atoms with Crippen LogP contribution in [-0.2, 0) is 11.2 Å². The van der Waals surface area contributed by atoms with Crippen LogP contribution in [0.15, 0.2) is 34.9 Å². The van der Waals surface area contributed by atoms with Crippen LogP contribution in [0.2, 0.25) is 0 Å². The van der Waals surface area contributed by atoms with Gasteiger partial charge in [0.15, 0.2) is 11.7 Å². The van der Waals surface area contributed by atoms with Crippen LogP contribution in [0.5, 0.6) is 0 Å². The Kier molecular flexibility index (Phi) is 5.53. The molecule has 2 heterocycles. The number of carbonyl (C=O) groups excluding carboxylic acids is 1. The topological polar surface area (TPSA) is 49.6 Å². The van der Waals surface area contributed by atoms with E-state index in [2.05, 4.69) is 9.88 Å². The lowest BCUT2D eigenvalue weighted by molar-refractivity contribution is -0.133. The number of hydrogen-bond donors (Lipinski definition) is 0. The molecule has 144 valence electrons. The molecule has 0 bridgehead atoms. The zero-order valence-corrected chi connectivity index (χ0v) is 15.6. The maximum absolute atomic E-state index is 13.0. The Hall–Kier alpha value is -2.21. The van der Waals surface area contributed by atoms with Gasteiger partial charge in [-0.1, -0.05) is 12.8 Å². The largest absolute Gasteiger partial charge is 0.441 e. The quantitative estimate of drug-likeness (QED) is 0.807. The van der Waals surface area contributed by atoms with Crippen molar-refractivity contribution in [1.82, 2.24) is 14.8 Å². The Labute approximate surface area is 159 Å². The van der Waals surface area contributed by atoms with Gasteiger partial charge in [0.1, 0.15) is 5.82 Å². The molecule has 1 amide bonds. The Morgan fingerprint density at radius 3 is 2.52 bits per heavy atom. The molecular weight excluding hydrogens is 345 g/mol. The minimum atomic E-state index is -0.280. The van der Waals surface area contributed by atoms with E-state index in [1.807, 2.05) is 4.90 Å². The normalized spacial score (nSPS) is 18.9. The molecule has 2 aromatic rings. The average Bonchev–Trinajstić information content (AvgIpc) is 3.39. The number of nitrogens with zero attached hydrogens (tertiary/aromatic N) is 3. The van der Waals surface area contributed by atoms with E-state index in [4.69, 9.17) is 4.42 Å². The smallest absolute Gasteiger partial charge is 0.223 e. The van der Waals surface area contributed by atoms with Gasteiger partial charge in [-0.15, -0.1) is 0 Å². The zero-order chi connectivity index (χ0) is 18.6. The lowest BCUT2D eigenvalue weighted by Crippen LogP contribution is -2.51. The summed E-state index contributed by atoms with van der Waals surface area (Å²) in [5.74, 6) is 1.04. The third kappa shape index (κ3) is 4.38. The molecule has 1 saturated carbocycles. The summed E-state index contributed by atoms with van der Waals surface area (Å²) in [5.41, 5.74) is 0.782. The Bertz CT molecular complexity index is 760. The van der Waals surface area contributed by atoms with Gasteiger partial charge in [-0.3, -0.25) is 9.69 Å². The van der Waals surface area contributed by atoms with E-state index in [0.717, 1.165) is 37.8 Å². The van der Waals surface area contributed by atoms with Crippen LogP contribution in [0.3, 0.4) is 0 Å². The summed E-state index contributed by atoms with van der Waals surface area (Å²) in [4.78, 5) is 21.3. The van der Waals surface area contributed by atoms with Gasteiger partial charge >= 0.3 is 0 Å². The highest BCUT2D eigenvalue weighted by molar-refractivity contribution is 5.76. The second kappa shape index (κ2) is 8.21. The fraction of sp³-hybridized carbons (Fsp3) is 0.524. The summed E-state index contributed by atoms with van der Waals surface area (Å²) in [6.07, 6.45) is 7.85. The number of benzene rings is 1. The van der Waals surface area contributed by atoms with Crippen LogP contribution >= 0.6 is 0 Å². The standard InChI is InChI=1S/C21H26FN3O2/c22-17-7-5-16(6-8-17)19-15-23-20(27-19)9-10-21(26)25-13-11-24(12-14-25)18-3-1-2-4-18/h5-8,15,18H,1-4,9-14H2. The lowest BCUT2D eigenvalue weighted by atomic mass is 10.1. The molecule has 1 aromatic carbocycles. The van der Waals surface area contributed by atoms with Gasteiger partial charge in [-0.05, 0) is 37.1 Å². The molecular formula is C21H26FN3O2. The minimum absolute atomic E-state index is 0.169. The van der Waals surface area contributed by atoms with Gasteiger partial charge in [0, 0.05) is 50.6 Å². The van der Waals surface area contributed by atoms with Crippen LogP contribution in [0.4, 0.5) is 4.39 Å². The van der Waals surface area contributed by atoms with E-state index in [9.17, 15) is 9.18 Å². The summed E-state index contributed by atoms with van der Waals surface area (Å²) < 4.78 is 18.7. The van der Waals surface area contributed by atoms with Gasteiger partial charge in [0.2, 0.25) is 5.91 Å². The first-order valence-electron chi connectivity index (χ1n) is 9.91. The van der Waals surface area contributed by atoms with Crippen molar-refractivity contribution in [2.45, 2.75) is 44.6 Å². The molecule has 2 aliphatic rings. The number of rotatable bonds is 5. The van der Waals surface area contributed by atoms with E-state index in [-0.39, 0.29) is 11.7 Å². The van der Waals surface area contributed by atoms with E-state index < -0.39 is 0 Å². The van der Waals surface area contributed by atoms with E-state index >= 15 is 0 Å². The number of aryl methyl sites for hydroxylation is 1. The van der Waals surface area contributed by atoms with Crippen molar-refractivity contribution in [2.75, 3.05) is 26.2 Å². The Balaban J connectivity index is 1.25. The minimum Gasteiger partial charge on any atom is -0.441 e. The molecule has 6 heteroatoms. The molecule has 1 aliphatic carbocycles. The summed E-state index contributed by atoms with van der Waals surface area (Å²) in [6, 6.07) is 6.85. The number of carbonyl (C=O) groups is 1. The van der Waals surface area contributed by atoms with Crippen molar-refractivity contribution >= 4 is 5.91 Å². The van der Waals surface area contributed by atoms with Gasteiger partial charge in [-0.25, -0.2) is 9.37 Å². The van der Waals surface area contributed by atoms with Gasteiger partial charge in [0.25, 0.3) is 0 Å². The monoisotopic (exact) mass is 371 g/mol. The fourth-order valence-electron chi connectivity index (χ4n) is 4.15. The van der Waals surface area contributed by atoms with Gasteiger partial charge in [0.05, 0.1) is 6.20 Å². The first kappa shape index (κ1) is 18.2. The van der Waals surface area contributed by atoms with Crippen LogP contribution in [-0.4, -0.2) is 52.9 Å². The highest BCUT2D eigenvalue weighted by Crippen LogP contribution is 2.25. The zero-order valence-electron chi connectivity index (χ0n) is 15.6. The summed E-state index contributed by atoms with van der Waals surface area (Å²) >= 11 is 0. The number of amides is 1. The second-order valence-corrected chi connectivity index (χ2v) is 7.48. The summed E-state index contributed by atoms with van der Waals surface area (Å²) in [6.45, 7) is 3.62. The molecule has 0 spiro atoms. The lowest BCUT2D eigenvalue weighted by Gasteiger charge is -2.38. The third-order valence-electron chi connectivity index (χ3n) is 5.74. The number of piperazine rings is 1. The van der Waals surface area contributed by atoms with Crippen LogP contribution < -0.4 is 0 Å². The average molecular weight is 371 g/mol. The first-order valence-corrected chi connectivity index (χ1v) is 9.91. The molecule has 1 saturated heterocycles. The van der Waals surface area contributed by atoms with Gasteiger partial charge < -0.3 is 9.32 Å². The number of oxazole rings is 1. The van der Waals surface area contributed by atoms with Crippen LogP contribution in [0.25, 0.3) is 11.3 Å². The third-order valence-corrected chi connectivity index (χ3v) is 5.74. The first-order chi connectivity index (χ1) is 13.2. The molecule has 0 atom stereocenters. The predicted octanol–water partition coefficient (Wildman–Crippen LogP) is 3.50. The maximum atomic E-state index is 13.0. The second-order valence-electron chi connectivity index (χ2n) is 7.48. The van der Waals surface area contributed by atoms with Crippen molar-refractivity contribution in [3.8, 4) is 11.3 Å². The van der Waals surface area contributed by atoms with E-state index in [0.29, 0.717) is 24.5 Å². The van der Waals surface area contributed by atoms with Gasteiger partial charge in [-0.2, -0.15) is 0 Å². The fourth-order valence-corrected chi connectivity index (χ4v) is 4.15. The Morgan fingerprint density at radius 1 is 1.11 bits per heavy atom. The molecule has 1 aliphatic heterocycles. The highest BCUT2D eigenvalue weighted by Gasteiger charge is 2.27. The molecule has 4 rings (SSSR count). The van der Waals surface area contributed by atoms with Crippen molar-refractivity contribution in [3.63, 3.8) is 0 Å². The molecule has 0 N–H and O–H groups in total. The molecule has 5 nitrogen and oxygen atoms in total. The van der Waals surface area contributed by atoms with Crippen molar-refractivity contribution in [1.29, 1.82) is 0 Å². The van der Waals surface area contributed by atoms with Crippen LogP contribution in [0.1, 0.15) is 38.0 Å².